The first-order valence-corrected chi connectivity index (χ1v) is 18.3. The molecule has 13 heteroatoms. The van der Waals surface area contributed by atoms with Crippen LogP contribution < -0.4 is 0 Å². The molecule has 0 fully saturated rings. The first kappa shape index (κ1) is 36.4. The largest absolute Gasteiger partial charge is 0.461 e. The summed E-state index contributed by atoms with van der Waals surface area (Å²) >= 11 is 0. The smallest absolute Gasteiger partial charge is 0.358 e. The van der Waals surface area contributed by atoms with Gasteiger partial charge in [-0.2, -0.15) is 10.2 Å². The molecule has 2 aromatic carbocycles. The summed E-state index contributed by atoms with van der Waals surface area (Å²) in [5.41, 5.74) is 3.26. The lowest BCUT2D eigenvalue weighted by molar-refractivity contribution is 0.0518. The van der Waals surface area contributed by atoms with Crippen molar-refractivity contribution in [2.45, 2.75) is 76.0 Å². The van der Waals surface area contributed by atoms with Gasteiger partial charge in [-0.15, -0.1) is 0 Å². The van der Waals surface area contributed by atoms with Crippen molar-refractivity contribution in [2.75, 3.05) is 19.1 Å². The molecule has 46 heavy (non-hydrogen) atoms. The molecule has 11 nitrogen and oxygen atoms in total. The topological polar surface area (TPSA) is 147 Å². The van der Waals surface area contributed by atoms with Gasteiger partial charge in [-0.3, -0.25) is 4.79 Å². The van der Waals surface area contributed by atoms with Crippen LogP contribution in [0.4, 0.5) is 0 Å². The van der Waals surface area contributed by atoms with E-state index in [1.54, 1.807) is 52.7 Å². The number of carbonyl (C=O) groups excluding carboxylic acids is 2. The Kier molecular flexibility index (Phi) is 10.5. The maximum Gasteiger partial charge on any atom is 0.358 e. The molecular formula is C33H42N4O7S2. The van der Waals surface area contributed by atoms with E-state index >= 15 is 0 Å². The van der Waals surface area contributed by atoms with Crippen LogP contribution in [0.25, 0.3) is 11.4 Å². The Hall–Kier alpha value is -4.10. The highest BCUT2D eigenvalue weighted by Gasteiger charge is 2.25. The standard InChI is InChI=1S/C17H22N2O4S.C16H20N2O3S/c1-6-23-16(20)14-11-15(17(2,3)4)19(18-14)12-7-9-13(10-8-12)24(5,21)22;1-11(19)14-10-15(16(2,3)4)17-18(14)12-6-8-13(9-7-12)22(5,20)21/h7-11H,6H2,1-5H3;6-10H,1-5H3. The first-order valence-electron chi connectivity index (χ1n) is 14.5. The van der Waals surface area contributed by atoms with Crippen molar-refractivity contribution in [3.05, 3.63) is 83.4 Å². The summed E-state index contributed by atoms with van der Waals surface area (Å²) in [4.78, 5) is 24.3. The molecule has 4 rings (SSSR count). The summed E-state index contributed by atoms with van der Waals surface area (Å²) in [5, 5.41) is 8.86. The molecule has 0 bridgehead atoms. The monoisotopic (exact) mass is 670 g/mol. The minimum atomic E-state index is -3.26. The van der Waals surface area contributed by atoms with Crippen LogP contribution in [0.5, 0.6) is 0 Å². The lowest BCUT2D eigenvalue weighted by atomic mass is 9.91. The van der Waals surface area contributed by atoms with Crippen molar-refractivity contribution >= 4 is 31.4 Å². The predicted octanol–water partition coefficient (Wildman–Crippen LogP) is 5.53. The molecule has 0 N–H and O–H groups in total. The van der Waals surface area contributed by atoms with Crippen LogP contribution >= 0.6 is 0 Å². The first-order chi connectivity index (χ1) is 21.0. The van der Waals surface area contributed by atoms with Gasteiger partial charge in [0, 0.05) is 30.3 Å². The molecule has 0 aliphatic heterocycles. The van der Waals surface area contributed by atoms with Crippen LogP contribution in [-0.4, -0.2) is 67.3 Å². The number of nitrogens with zero attached hydrogens (tertiary/aromatic N) is 4. The summed E-state index contributed by atoms with van der Waals surface area (Å²) in [5.74, 6) is -0.565. The third-order valence-electron chi connectivity index (χ3n) is 6.82. The summed E-state index contributed by atoms with van der Waals surface area (Å²) in [6.07, 6.45) is 2.32. The zero-order chi connectivity index (χ0) is 34.8. The Morgan fingerprint density at radius 3 is 1.54 bits per heavy atom. The third kappa shape index (κ3) is 8.79. The second-order valence-electron chi connectivity index (χ2n) is 13.0. The average Bonchev–Trinajstić information content (AvgIpc) is 3.59. The fourth-order valence-corrected chi connectivity index (χ4v) is 5.54. The van der Waals surface area contributed by atoms with E-state index in [1.165, 1.54) is 31.2 Å². The minimum Gasteiger partial charge on any atom is -0.461 e. The summed E-state index contributed by atoms with van der Waals surface area (Å²) < 4.78 is 54.4. The number of benzene rings is 2. The molecule has 248 valence electrons. The zero-order valence-corrected chi connectivity index (χ0v) is 29.6. The predicted molar refractivity (Wildman–Crippen MR) is 177 cm³/mol. The van der Waals surface area contributed by atoms with Gasteiger partial charge in [0.05, 0.1) is 39.2 Å². The SMILES string of the molecule is CC(=O)c1cc(C(C)(C)C)nn1-c1ccc(S(C)(=O)=O)cc1.CCOC(=O)c1cc(C(C)(C)C)n(-c2ccc(S(C)(=O)=O)cc2)n1. The number of Topliss-reactive ketones (excluding diaryl/α,β-unsaturated/α-hetero) is 1. The fraction of sp³-hybridized carbons (Fsp3) is 0.394. The van der Waals surface area contributed by atoms with Gasteiger partial charge in [0.15, 0.2) is 31.2 Å². The van der Waals surface area contributed by atoms with E-state index in [4.69, 9.17) is 4.74 Å². The van der Waals surface area contributed by atoms with E-state index in [0.717, 1.165) is 23.9 Å². The summed E-state index contributed by atoms with van der Waals surface area (Å²) in [6.45, 7) is 15.6. The van der Waals surface area contributed by atoms with E-state index < -0.39 is 25.6 Å². The Morgan fingerprint density at radius 1 is 0.717 bits per heavy atom. The van der Waals surface area contributed by atoms with Crippen molar-refractivity contribution in [3.8, 4) is 11.4 Å². The van der Waals surface area contributed by atoms with E-state index in [-0.39, 0.29) is 38.7 Å². The Labute approximate surface area is 271 Å². The number of ketones is 1. The van der Waals surface area contributed by atoms with Gasteiger partial charge < -0.3 is 4.74 Å². The van der Waals surface area contributed by atoms with E-state index in [1.807, 2.05) is 41.5 Å². The van der Waals surface area contributed by atoms with Gasteiger partial charge in [0.1, 0.15) is 5.69 Å². The van der Waals surface area contributed by atoms with Crippen molar-refractivity contribution in [1.29, 1.82) is 0 Å². The lowest BCUT2D eigenvalue weighted by Gasteiger charge is -2.20. The molecule has 0 radical (unpaired) electrons. The highest BCUT2D eigenvalue weighted by Crippen LogP contribution is 2.27. The quantitative estimate of drug-likeness (QED) is 0.183. The Morgan fingerprint density at radius 2 is 1.17 bits per heavy atom. The number of ether oxygens (including phenoxy) is 1. The molecular weight excluding hydrogens is 629 g/mol. The van der Waals surface area contributed by atoms with E-state index in [0.29, 0.717) is 17.1 Å². The van der Waals surface area contributed by atoms with Crippen molar-refractivity contribution in [3.63, 3.8) is 0 Å². The number of hydrogen-bond donors (Lipinski definition) is 0. The third-order valence-corrected chi connectivity index (χ3v) is 9.08. The van der Waals surface area contributed by atoms with Crippen LogP contribution in [0, 0.1) is 0 Å². The molecule has 2 aromatic heterocycles. The molecule has 0 amide bonds. The molecule has 0 aliphatic rings. The minimum absolute atomic E-state index is 0.0878. The molecule has 0 spiro atoms. The van der Waals surface area contributed by atoms with Crippen LogP contribution in [0.3, 0.4) is 0 Å². The number of esters is 1. The molecule has 4 aromatic rings. The maximum absolute atomic E-state index is 12.0. The van der Waals surface area contributed by atoms with Gasteiger partial charge >= 0.3 is 5.97 Å². The maximum atomic E-state index is 12.0. The molecule has 0 aliphatic carbocycles. The number of sulfone groups is 2. The number of aromatic nitrogens is 4. The molecule has 2 heterocycles. The second kappa shape index (κ2) is 13.3. The Bertz CT molecular complexity index is 1940. The van der Waals surface area contributed by atoms with Crippen molar-refractivity contribution in [2.24, 2.45) is 0 Å². The molecule has 0 saturated carbocycles. The zero-order valence-electron chi connectivity index (χ0n) is 27.9. The molecule has 0 unspecified atom stereocenters. The van der Waals surface area contributed by atoms with Crippen LogP contribution in [0.15, 0.2) is 70.5 Å². The van der Waals surface area contributed by atoms with E-state index in [9.17, 15) is 26.4 Å². The summed E-state index contributed by atoms with van der Waals surface area (Å²) in [7, 11) is -6.50. The molecule has 0 atom stereocenters. The van der Waals surface area contributed by atoms with E-state index in [2.05, 4.69) is 10.2 Å². The fourth-order valence-electron chi connectivity index (χ4n) is 4.28. The second-order valence-corrected chi connectivity index (χ2v) is 17.0. The van der Waals surface area contributed by atoms with Gasteiger partial charge in [0.25, 0.3) is 0 Å². The number of carbonyl (C=O) groups is 2. The normalized spacial score (nSPS) is 12.3. The van der Waals surface area contributed by atoms with Gasteiger partial charge in [0.2, 0.25) is 0 Å². The van der Waals surface area contributed by atoms with Gasteiger partial charge in [-0.25, -0.2) is 31.0 Å². The number of hydrogen-bond acceptors (Lipinski definition) is 9. The van der Waals surface area contributed by atoms with Gasteiger partial charge in [-0.1, -0.05) is 41.5 Å². The van der Waals surface area contributed by atoms with Crippen LogP contribution in [0.1, 0.15) is 87.8 Å². The van der Waals surface area contributed by atoms with Crippen LogP contribution in [-0.2, 0) is 35.2 Å². The average molecular weight is 671 g/mol. The highest BCUT2D eigenvalue weighted by atomic mass is 32.2. The highest BCUT2D eigenvalue weighted by molar-refractivity contribution is 7.91. The lowest BCUT2D eigenvalue weighted by Crippen LogP contribution is -2.17. The molecule has 0 saturated heterocycles. The number of rotatable bonds is 7. The summed E-state index contributed by atoms with van der Waals surface area (Å²) in [6, 6.07) is 16.3. The van der Waals surface area contributed by atoms with Crippen molar-refractivity contribution in [1.82, 2.24) is 19.6 Å². The van der Waals surface area contributed by atoms with Crippen molar-refractivity contribution < 1.29 is 31.2 Å². The Balaban J connectivity index is 0.000000251. The van der Waals surface area contributed by atoms with Crippen LogP contribution in [0.2, 0.25) is 0 Å². The van der Waals surface area contributed by atoms with Gasteiger partial charge in [-0.05, 0) is 67.6 Å².